The molecule has 0 aliphatic rings. The average Bonchev–Trinajstić information content (AvgIpc) is 3.28. The third-order valence-electron chi connectivity index (χ3n) is 4.79. The fraction of sp³-hybridized carbons (Fsp3) is 0.125. The summed E-state index contributed by atoms with van der Waals surface area (Å²) < 4.78 is 10.6. The lowest BCUT2D eigenvalue weighted by atomic mass is 10.0. The zero-order valence-corrected chi connectivity index (χ0v) is 15.7. The Labute approximate surface area is 164 Å². The van der Waals surface area contributed by atoms with E-state index in [9.17, 15) is 4.79 Å². The molecule has 1 amide bonds. The van der Waals surface area contributed by atoms with Crippen molar-refractivity contribution >= 4 is 16.7 Å². The van der Waals surface area contributed by atoms with Crippen molar-refractivity contribution in [2.45, 2.75) is 13.1 Å². The average molecular weight is 371 g/mol. The first-order valence-electron chi connectivity index (χ1n) is 9.17. The summed E-state index contributed by atoms with van der Waals surface area (Å²) in [5.41, 5.74) is 2.13. The predicted octanol–water partition coefficient (Wildman–Crippen LogP) is 5.28. The van der Waals surface area contributed by atoms with Crippen LogP contribution in [0.25, 0.3) is 10.8 Å². The Bertz CT molecular complexity index is 1060. The molecule has 1 aromatic heterocycles. The Morgan fingerprint density at radius 3 is 2.43 bits per heavy atom. The fourth-order valence-corrected chi connectivity index (χ4v) is 3.34. The number of rotatable bonds is 6. The van der Waals surface area contributed by atoms with Crippen molar-refractivity contribution < 1.29 is 13.9 Å². The summed E-state index contributed by atoms with van der Waals surface area (Å²) in [5.74, 6) is 1.00. The van der Waals surface area contributed by atoms with E-state index in [-0.39, 0.29) is 5.91 Å². The second kappa shape index (κ2) is 8.01. The molecule has 0 bridgehead atoms. The van der Waals surface area contributed by atoms with Crippen LogP contribution in [0.15, 0.2) is 89.5 Å². The number of fused-ring (bicyclic) bond motifs is 1. The molecule has 0 saturated carbocycles. The number of hydrogen-bond donors (Lipinski definition) is 0. The first kappa shape index (κ1) is 17.9. The molecule has 0 atom stereocenters. The number of carbonyl (C=O) groups excluding carboxylic acids is 1. The van der Waals surface area contributed by atoms with Crippen LogP contribution in [-0.2, 0) is 13.1 Å². The third kappa shape index (κ3) is 3.76. The van der Waals surface area contributed by atoms with Crippen LogP contribution in [0.4, 0.5) is 0 Å². The number of benzene rings is 3. The van der Waals surface area contributed by atoms with E-state index in [4.69, 9.17) is 9.15 Å². The van der Waals surface area contributed by atoms with E-state index in [0.717, 1.165) is 27.6 Å². The van der Waals surface area contributed by atoms with Gasteiger partial charge in [0.15, 0.2) is 5.76 Å². The molecule has 3 aromatic carbocycles. The molecule has 0 fully saturated rings. The molecule has 0 radical (unpaired) electrons. The molecule has 28 heavy (non-hydrogen) atoms. The van der Waals surface area contributed by atoms with E-state index in [1.54, 1.807) is 19.2 Å². The normalized spacial score (nSPS) is 10.8. The Balaban J connectivity index is 1.66. The zero-order chi connectivity index (χ0) is 19.3. The van der Waals surface area contributed by atoms with Gasteiger partial charge >= 0.3 is 0 Å². The van der Waals surface area contributed by atoms with E-state index < -0.39 is 0 Å². The highest BCUT2D eigenvalue weighted by atomic mass is 16.5. The minimum absolute atomic E-state index is 0.131. The lowest BCUT2D eigenvalue weighted by Crippen LogP contribution is -2.30. The number of amides is 1. The number of carbonyl (C=O) groups is 1. The minimum atomic E-state index is -0.131. The van der Waals surface area contributed by atoms with E-state index in [2.05, 4.69) is 24.3 Å². The second-order valence-corrected chi connectivity index (χ2v) is 6.62. The highest BCUT2D eigenvalue weighted by Crippen LogP contribution is 2.22. The molecule has 1 heterocycles. The molecule has 0 aliphatic carbocycles. The van der Waals surface area contributed by atoms with Gasteiger partial charge in [-0.25, -0.2) is 0 Å². The van der Waals surface area contributed by atoms with Gasteiger partial charge in [-0.1, -0.05) is 54.6 Å². The highest BCUT2D eigenvalue weighted by Gasteiger charge is 2.20. The third-order valence-corrected chi connectivity index (χ3v) is 4.79. The van der Waals surface area contributed by atoms with Gasteiger partial charge < -0.3 is 14.1 Å². The van der Waals surface area contributed by atoms with Crippen LogP contribution in [0.3, 0.4) is 0 Å². The largest absolute Gasteiger partial charge is 0.497 e. The lowest BCUT2D eigenvalue weighted by Gasteiger charge is -2.23. The molecular weight excluding hydrogens is 350 g/mol. The summed E-state index contributed by atoms with van der Waals surface area (Å²) in [4.78, 5) is 14.9. The maximum absolute atomic E-state index is 13.1. The van der Waals surface area contributed by atoms with Crippen LogP contribution in [0.2, 0.25) is 0 Å². The van der Waals surface area contributed by atoms with Crippen molar-refractivity contribution in [3.05, 3.63) is 102 Å². The first-order chi connectivity index (χ1) is 13.7. The van der Waals surface area contributed by atoms with Gasteiger partial charge in [0, 0.05) is 13.1 Å². The molecule has 140 valence electrons. The Hall–Kier alpha value is -3.53. The summed E-state index contributed by atoms with van der Waals surface area (Å²) in [6, 6.07) is 25.6. The van der Waals surface area contributed by atoms with Crippen LogP contribution in [-0.4, -0.2) is 17.9 Å². The molecule has 4 rings (SSSR count). The number of methoxy groups -OCH3 is 1. The van der Waals surface area contributed by atoms with Gasteiger partial charge in [0.25, 0.3) is 5.91 Å². The number of hydrogen-bond acceptors (Lipinski definition) is 3. The van der Waals surface area contributed by atoms with Crippen LogP contribution in [0.5, 0.6) is 5.75 Å². The zero-order valence-electron chi connectivity index (χ0n) is 15.7. The Kier molecular flexibility index (Phi) is 5.11. The Morgan fingerprint density at radius 1 is 0.893 bits per heavy atom. The second-order valence-electron chi connectivity index (χ2n) is 6.62. The van der Waals surface area contributed by atoms with E-state index in [1.807, 2.05) is 47.4 Å². The topological polar surface area (TPSA) is 42.7 Å². The summed E-state index contributed by atoms with van der Waals surface area (Å²) >= 11 is 0. The van der Waals surface area contributed by atoms with Gasteiger partial charge in [0.2, 0.25) is 0 Å². The molecule has 0 spiro atoms. The summed E-state index contributed by atoms with van der Waals surface area (Å²) in [5, 5.41) is 2.31. The highest BCUT2D eigenvalue weighted by molar-refractivity contribution is 5.92. The quantitative estimate of drug-likeness (QED) is 0.463. The molecule has 4 nitrogen and oxygen atoms in total. The summed E-state index contributed by atoms with van der Waals surface area (Å²) in [6.45, 7) is 0.972. The maximum atomic E-state index is 13.1. The summed E-state index contributed by atoms with van der Waals surface area (Å²) in [7, 11) is 1.64. The molecule has 0 aliphatic heterocycles. The van der Waals surface area contributed by atoms with Gasteiger partial charge in [0.05, 0.1) is 13.4 Å². The van der Waals surface area contributed by atoms with Crippen molar-refractivity contribution in [1.82, 2.24) is 4.90 Å². The van der Waals surface area contributed by atoms with Crippen molar-refractivity contribution in [2.75, 3.05) is 7.11 Å². The van der Waals surface area contributed by atoms with Crippen molar-refractivity contribution in [2.24, 2.45) is 0 Å². The summed E-state index contributed by atoms with van der Waals surface area (Å²) in [6.07, 6.45) is 1.52. The number of ether oxygens (including phenoxy) is 1. The molecule has 0 unspecified atom stereocenters. The van der Waals surface area contributed by atoms with Crippen molar-refractivity contribution in [3.8, 4) is 5.75 Å². The number of nitrogens with zero attached hydrogens (tertiary/aromatic N) is 1. The SMILES string of the molecule is COc1ccc(CN(Cc2cccc3ccccc23)C(=O)c2ccco2)cc1. The van der Waals surface area contributed by atoms with E-state index in [0.29, 0.717) is 18.8 Å². The van der Waals surface area contributed by atoms with Gasteiger partial charge in [0.1, 0.15) is 5.75 Å². The van der Waals surface area contributed by atoms with Crippen LogP contribution >= 0.6 is 0 Å². The minimum Gasteiger partial charge on any atom is -0.497 e. The van der Waals surface area contributed by atoms with E-state index in [1.165, 1.54) is 6.26 Å². The standard InChI is InChI=1S/C24H21NO3/c1-27-21-13-11-18(12-14-21)16-25(24(26)23-10-5-15-28-23)17-20-8-4-7-19-6-2-3-9-22(19)20/h2-15H,16-17H2,1H3. The van der Waals surface area contributed by atoms with Gasteiger partial charge in [-0.3, -0.25) is 4.79 Å². The molecule has 4 heteroatoms. The maximum Gasteiger partial charge on any atom is 0.290 e. The van der Waals surface area contributed by atoms with Crippen molar-refractivity contribution in [1.29, 1.82) is 0 Å². The molecule has 0 N–H and O–H groups in total. The van der Waals surface area contributed by atoms with Crippen molar-refractivity contribution in [3.63, 3.8) is 0 Å². The number of furan rings is 1. The first-order valence-corrected chi connectivity index (χ1v) is 9.17. The smallest absolute Gasteiger partial charge is 0.290 e. The fourth-order valence-electron chi connectivity index (χ4n) is 3.34. The monoisotopic (exact) mass is 371 g/mol. The molecule has 4 aromatic rings. The van der Waals surface area contributed by atoms with E-state index >= 15 is 0 Å². The van der Waals surface area contributed by atoms with Gasteiger partial charge in [-0.2, -0.15) is 0 Å². The van der Waals surface area contributed by atoms with Crippen LogP contribution < -0.4 is 4.74 Å². The van der Waals surface area contributed by atoms with Crippen LogP contribution in [0, 0.1) is 0 Å². The van der Waals surface area contributed by atoms with Crippen LogP contribution in [0.1, 0.15) is 21.7 Å². The molecular formula is C24H21NO3. The Morgan fingerprint density at radius 2 is 1.68 bits per heavy atom. The van der Waals surface area contributed by atoms with Gasteiger partial charge in [-0.05, 0) is 46.2 Å². The lowest BCUT2D eigenvalue weighted by molar-refractivity contribution is 0.0698. The predicted molar refractivity (Wildman–Crippen MR) is 109 cm³/mol. The van der Waals surface area contributed by atoms with Gasteiger partial charge in [-0.15, -0.1) is 0 Å². The molecule has 0 saturated heterocycles.